The Kier molecular flexibility index (Phi) is 5.37. The summed E-state index contributed by atoms with van der Waals surface area (Å²) < 4.78 is 9.65. The van der Waals surface area contributed by atoms with Crippen LogP contribution in [0.15, 0.2) is 34.4 Å². The van der Waals surface area contributed by atoms with Crippen molar-refractivity contribution < 1.29 is 24.2 Å². The van der Waals surface area contributed by atoms with Gasteiger partial charge in [-0.2, -0.15) is 0 Å². The van der Waals surface area contributed by atoms with Gasteiger partial charge in [0.25, 0.3) is 0 Å². The molecule has 0 spiro atoms. The van der Waals surface area contributed by atoms with Gasteiger partial charge in [0.15, 0.2) is 0 Å². The fourth-order valence-corrected chi connectivity index (χ4v) is 1.55. The minimum absolute atomic E-state index is 0.0807. The smallest absolute Gasteiger partial charge is 0.354 e. The second-order valence-electron chi connectivity index (χ2n) is 3.36. The van der Waals surface area contributed by atoms with Crippen molar-refractivity contribution in [3.8, 4) is 5.75 Å². The van der Waals surface area contributed by atoms with E-state index in [0.29, 0.717) is 4.47 Å². The van der Waals surface area contributed by atoms with Crippen LogP contribution >= 0.6 is 15.9 Å². The summed E-state index contributed by atoms with van der Waals surface area (Å²) in [6.45, 7) is 0. The number of hydrogen-bond acceptors (Lipinski definition) is 6. The predicted octanol–water partition coefficient (Wildman–Crippen LogP) is 1.80. The van der Waals surface area contributed by atoms with Gasteiger partial charge in [0.1, 0.15) is 11.4 Å². The summed E-state index contributed by atoms with van der Waals surface area (Å²) in [6, 6.07) is 4.60. The van der Waals surface area contributed by atoms with Crippen LogP contribution in [0.25, 0.3) is 0 Å². The molecule has 2 N–H and O–H groups in total. The lowest BCUT2D eigenvalue weighted by Crippen LogP contribution is -2.15. The van der Waals surface area contributed by atoms with Gasteiger partial charge in [-0.05, 0) is 18.2 Å². The van der Waals surface area contributed by atoms with Crippen molar-refractivity contribution in [1.29, 1.82) is 0 Å². The number of hydrogen-bond donors (Lipinski definition) is 2. The number of anilines is 1. The summed E-state index contributed by atoms with van der Waals surface area (Å²) in [4.78, 5) is 22.7. The maximum Gasteiger partial charge on any atom is 0.354 e. The molecule has 0 atom stereocenters. The Morgan fingerprint density at radius 2 is 2.00 bits per heavy atom. The molecule has 0 aliphatic rings. The molecule has 7 heteroatoms. The largest absolute Gasteiger partial charge is 0.506 e. The number of carbonyl (C=O) groups is 2. The fraction of sp³-hybridized carbons (Fsp3) is 0.167. The van der Waals surface area contributed by atoms with E-state index in [1.165, 1.54) is 20.3 Å². The van der Waals surface area contributed by atoms with E-state index in [4.69, 9.17) is 0 Å². The van der Waals surface area contributed by atoms with Crippen molar-refractivity contribution in [1.82, 2.24) is 0 Å². The van der Waals surface area contributed by atoms with Gasteiger partial charge in [0.2, 0.25) is 0 Å². The van der Waals surface area contributed by atoms with E-state index in [9.17, 15) is 14.7 Å². The quantitative estimate of drug-likeness (QED) is 0.497. The number of phenolic OH excluding ortho intramolecular Hbond substituents is 1. The number of carbonyl (C=O) groups excluding carboxylic acids is 2. The molecule has 1 aromatic rings. The first-order chi connectivity index (χ1) is 8.97. The molecular weight excluding hydrogens is 318 g/mol. The third kappa shape index (κ3) is 4.29. The van der Waals surface area contributed by atoms with Gasteiger partial charge in [-0.3, -0.25) is 0 Å². The summed E-state index contributed by atoms with van der Waals surface area (Å²) in [6.07, 6.45) is 0.937. The molecule has 0 radical (unpaired) electrons. The van der Waals surface area contributed by atoms with Crippen molar-refractivity contribution >= 4 is 33.6 Å². The molecule has 19 heavy (non-hydrogen) atoms. The molecule has 0 heterocycles. The minimum atomic E-state index is -0.759. The molecule has 6 nitrogen and oxygen atoms in total. The first-order valence-electron chi connectivity index (χ1n) is 5.11. The van der Waals surface area contributed by atoms with Crippen LogP contribution in [0.4, 0.5) is 5.69 Å². The van der Waals surface area contributed by atoms with Gasteiger partial charge in [-0.1, -0.05) is 15.9 Å². The SMILES string of the molecule is COC(=O)/C=C(/Nc1cc(Br)ccc1O)C(=O)OC. The van der Waals surface area contributed by atoms with E-state index >= 15 is 0 Å². The lowest BCUT2D eigenvalue weighted by molar-refractivity contribution is -0.138. The van der Waals surface area contributed by atoms with Crippen LogP contribution in [0.3, 0.4) is 0 Å². The highest BCUT2D eigenvalue weighted by Crippen LogP contribution is 2.28. The van der Waals surface area contributed by atoms with Gasteiger partial charge in [0.05, 0.1) is 26.0 Å². The van der Waals surface area contributed by atoms with Crippen LogP contribution < -0.4 is 5.32 Å². The Morgan fingerprint density at radius 3 is 2.58 bits per heavy atom. The lowest BCUT2D eigenvalue weighted by Gasteiger charge is -2.10. The third-order valence-electron chi connectivity index (χ3n) is 2.10. The molecule has 1 aromatic carbocycles. The average Bonchev–Trinajstić information content (AvgIpc) is 2.40. The molecule has 0 amide bonds. The van der Waals surface area contributed by atoms with Crippen molar-refractivity contribution in [2.45, 2.75) is 0 Å². The Hall–Kier alpha value is -2.02. The molecule has 0 saturated heterocycles. The summed E-state index contributed by atoms with van der Waals surface area (Å²) in [5.74, 6) is -1.56. The molecule has 0 aliphatic carbocycles. The minimum Gasteiger partial charge on any atom is -0.506 e. The van der Waals surface area contributed by atoms with Crippen molar-refractivity contribution in [3.05, 3.63) is 34.4 Å². The topological polar surface area (TPSA) is 84.9 Å². The maximum atomic E-state index is 11.5. The average molecular weight is 330 g/mol. The van der Waals surface area contributed by atoms with Gasteiger partial charge in [0, 0.05) is 4.47 Å². The van der Waals surface area contributed by atoms with E-state index in [2.05, 4.69) is 30.7 Å². The third-order valence-corrected chi connectivity index (χ3v) is 2.59. The van der Waals surface area contributed by atoms with Crippen LogP contribution in [-0.2, 0) is 19.1 Å². The first-order valence-corrected chi connectivity index (χ1v) is 5.90. The number of esters is 2. The van der Waals surface area contributed by atoms with Crippen LogP contribution in [-0.4, -0.2) is 31.3 Å². The summed E-state index contributed by atoms with van der Waals surface area (Å²) >= 11 is 3.23. The van der Waals surface area contributed by atoms with E-state index in [-0.39, 0.29) is 17.1 Å². The molecular formula is C12H12BrNO5. The standard InChI is InChI=1S/C12H12BrNO5/c1-18-11(16)6-9(12(17)19-2)14-8-5-7(13)3-4-10(8)15/h3-6,14-15H,1-2H3/b9-6+. The fourth-order valence-electron chi connectivity index (χ4n) is 1.19. The molecule has 102 valence electrons. The Labute approximate surface area is 118 Å². The van der Waals surface area contributed by atoms with Crippen LogP contribution in [0, 0.1) is 0 Å². The number of rotatable bonds is 4. The highest BCUT2D eigenvalue weighted by Gasteiger charge is 2.14. The summed E-state index contributed by atoms with van der Waals surface area (Å²) in [7, 11) is 2.36. The van der Waals surface area contributed by atoms with E-state index in [1.807, 2.05) is 0 Å². The second kappa shape index (κ2) is 6.79. The monoisotopic (exact) mass is 329 g/mol. The zero-order valence-corrected chi connectivity index (χ0v) is 11.9. The highest BCUT2D eigenvalue weighted by molar-refractivity contribution is 9.10. The first kappa shape index (κ1) is 15.0. The Balaban J connectivity index is 3.07. The predicted molar refractivity (Wildman–Crippen MR) is 71.5 cm³/mol. The van der Waals surface area contributed by atoms with E-state index < -0.39 is 11.9 Å². The van der Waals surface area contributed by atoms with E-state index in [1.54, 1.807) is 12.1 Å². The summed E-state index contributed by atoms with van der Waals surface area (Å²) in [5.41, 5.74) is 0.0951. The van der Waals surface area contributed by atoms with Gasteiger partial charge in [-0.25, -0.2) is 9.59 Å². The molecule has 0 fully saturated rings. The van der Waals surface area contributed by atoms with Crippen molar-refractivity contribution in [2.24, 2.45) is 0 Å². The number of phenols is 1. The van der Waals surface area contributed by atoms with Crippen LogP contribution in [0.5, 0.6) is 5.75 Å². The molecule has 0 aliphatic heterocycles. The zero-order chi connectivity index (χ0) is 14.4. The molecule has 0 aromatic heterocycles. The number of halogens is 1. The zero-order valence-electron chi connectivity index (χ0n) is 10.3. The number of methoxy groups -OCH3 is 2. The van der Waals surface area contributed by atoms with E-state index in [0.717, 1.165) is 6.08 Å². The maximum absolute atomic E-state index is 11.5. The number of benzene rings is 1. The highest BCUT2D eigenvalue weighted by atomic mass is 79.9. The van der Waals surface area contributed by atoms with Crippen LogP contribution in [0.1, 0.15) is 0 Å². The number of aromatic hydroxyl groups is 1. The van der Waals surface area contributed by atoms with Crippen molar-refractivity contribution in [2.75, 3.05) is 19.5 Å². The second-order valence-corrected chi connectivity index (χ2v) is 4.27. The normalized spacial score (nSPS) is 10.8. The summed E-state index contributed by atoms with van der Waals surface area (Å²) in [5, 5.41) is 12.3. The Morgan fingerprint density at radius 1 is 1.32 bits per heavy atom. The molecule has 1 rings (SSSR count). The molecule has 0 saturated carbocycles. The number of nitrogens with one attached hydrogen (secondary N) is 1. The lowest BCUT2D eigenvalue weighted by atomic mass is 10.2. The van der Waals surface area contributed by atoms with Gasteiger partial charge in [-0.15, -0.1) is 0 Å². The Bertz CT molecular complexity index is 527. The number of ether oxygens (including phenoxy) is 2. The molecule has 0 unspecified atom stereocenters. The van der Waals surface area contributed by atoms with Crippen LogP contribution in [0.2, 0.25) is 0 Å². The van der Waals surface area contributed by atoms with Crippen molar-refractivity contribution in [3.63, 3.8) is 0 Å². The van der Waals surface area contributed by atoms with Gasteiger partial charge < -0.3 is 19.9 Å². The van der Waals surface area contributed by atoms with Gasteiger partial charge >= 0.3 is 11.9 Å². The molecule has 0 bridgehead atoms.